The number of fused-ring (bicyclic) bond motifs is 1. The minimum Gasteiger partial charge on any atom is -0.397 e. The molecule has 2 aliphatic rings. The van der Waals surface area contributed by atoms with Crippen LogP contribution in [0.2, 0.25) is 0 Å². The van der Waals surface area contributed by atoms with Crippen LogP contribution in [0.3, 0.4) is 0 Å². The Kier molecular flexibility index (Phi) is 3.02. The van der Waals surface area contributed by atoms with Gasteiger partial charge in [-0.1, -0.05) is 6.07 Å². The van der Waals surface area contributed by atoms with Gasteiger partial charge in [-0.05, 0) is 43.0 Å². The van der Waals surface area contributed by atoms with Crippen molar-refractivity contribution in [2.24, 2.45) is 5.92 Å². The molecule has 1 aromatic heterocycles. The smallest absolute Gasteiger partial charge is 0.326 e. The molecule has 1 fully saturated rings. The number of pyridine rings is 1. The van der Waals surface area contributed by atoms with E-state index in [4.69, 9.17) is 5.73 Å². The Balaban J connectivity index is 1.81. The van der Waals surface area contributed by atoms with Crippen molar-refractivity contribution in [1.82, 2.24) is 4.98 Å². The molecule has 4 rings (SSSR count). The van der Waals surface area contributed by atoms with Crippen LogP contribution in [-0.4, -0.2) is 27.0 Å². The van der Waals surface area contributed by atoms with Crippen molar-refractivity contribution in [3.8, 4) is 11.3 Å². The molecule has 2 aromatic rings. The molecule has 1 aliphatic carbocycles. The largest absolute Gasteiger partial charge is 0.397 e. The first kappa shape index (κ1) is 14.3. The van der Waals surface area contributed by atoms with Gasteiger partial charge < -0.3 is 5.73 Å². The van der Waals surface area contributed by atoms with Gasteiger partial charge in [-0.3, -0.25) is 13.6 Å². The Morgan fingerprint density at radius 2 is 2.04 bits per heavy atom. The van der Waals surface area contributed by atoms with Gasteiger partial charge in [0.2, 0.25) is 0 Å². The summed E-state index contributed by atoms with van der Waals surface area (Å²) >= 11 is 0. The summed E-state index contributed by atoms with van der Waals surface area (Å²) in [6, 6.07) is 9.14. The van der Waals surface area contributed by atoms with Crippen LogP contribution in [0.5, 0.6) is 0 Å². The Bertz CT molecular complexity index is 877. The summed E-state index contributed by atoms with van der Waals surface area (Å²) in [5.41, 5.74) is 9.45. The third-order valence-corrected chi connectivity index (χ3v) is 6.23. The van der Waals surface area contributed by atoms with Crippen molar-refractivity contribution in [2.45, 2.75) is 12.8 Å². The summed E-state index contributed by atoms with van der Waals surface area (Å²) in [6.07, 6.45) is 3.89. The second kappa shape index (κ2) is 4.86. The highest BCUT2D eigenvalue weighted by Gasteiger charge is 2.40. The molecule has 2 N–H and O–H groups in total. The molecule has 6 nitrogen and oxygen atoms in total. The van der Waals surface area contributed by atoms with Gasteiger partial charge in [-0.2, -0.15) is 8.42 Å². The maximum atomic E-state index is 12.6. The van der Waals surface area contributed by atoms with Gasteiger partial charge in [0.25, 0.3) is 0 Å². The van der Waals surface area contributed by atoms with Crippen molar-refractivity contribution in [3.63, 3.8) is 0 Å². The third kappa shape index (κ3) is 2.23. The van der Waals surface area contributed by atoms with Gasteiger partial charge in [-0.25, -0.2) is 0 Å². The predicted octanol–water partition coefficient (Wildman–Crippen LogP) is 2.24. The summed E-state index contributed by atoms with van der Waals surface area (Å²) in [4.78, 5) is 4.31. The molecule has 0 spiro atoms. The molecule has 1 saturated carbocycles. The highest BCUT2D eigenvalue weighted by Crippen LogP contribution is 2.44. The maximum Gasteiger partial charge on any atom is 0.326 e. The molecule has 1 aromatic carbocycles. The van der Waals surface area contributed by atoms with E-state index in [0.29, 0.717) is 29.5 Å². The predicted molar refractivity (Wildman–Crippen MR) is 91.5 cm³/mol. The van der Waals surface area contributed by atoms with Gasteiger partial charge in [0, 0.05) is 25.4 Å². The molecule has 0 amide bonds. The van der Waals surface area contributed by atoms with Gasteiger partial charge in [0.1, 0.15) is 0 Å². The summed E-state index contributed by atoms with van der Waals surface area (Å²) in [5, 5.41) is 0. The lowest BCUT2D eigenvalue weighted by molar-refractivity contribution is 0.590. The quantitative estimate of drug-likeness (QED) is 0.936. The third-order valence-electron chi connectivity index (χ3n) is 4.44. The number of hydrogen-bond donors (Lipinski definition) is 1. The first-order valence-electron chi connectivity index (χ1n) is 7.60. The van der Waals surface area contributed by atoms with Gasteiger partial charge >= 0.3 is 10.2 Å². The fourth-order valence-corrected chi connectivity index (χ4v) is 4.41. The normalized spacial score (nSPS) is 19.0. The van der Waals surface area contributed by atoms with Crippen LogP contribution in [0.15, 0.2) is 36.5 Å². The molecule has 0 bridgehead atoms. The lowest BCUT2D eigenvalue weighted by atomic mass is 10.1. The summed E-state index contributed by atoms with van der Waals surface area (Å²) in [5.74, 6) is 0.482. The highest BCUT2D eigenvalue weighted by atomic mass is 32.2. The van der Waals surface area contributed by atoms with Crippen LogP contribution < -0.4 is 14.3 Å². The maximum absolute atomic E-state index is 12.6. The molecule has 0 atom stereocenters. The second-order valence-corrected chi connectivity index (χ2v) is 7.98. The van der Waals surface area contributed by atoms with Crippen molar-refractivity contribution in [1.29, 1.82) is 0 Å². The molecule has 0 unspecified atom stereocenters. The van der Waals surface area contributed by atoms with Crippen molar-refractivity contribution in [2.75, 3.05) is 27.9 Å². The van der Waals surface area contributed by atoms with Crippen LogP contribution in [0.25, 0.3) is 11.3 Å². The number of nitrogens with two attached hydrogens (primary N) is 1. The average Bonchev–Trinajstić information content (AvgIpc) is 3.33. The van der Waals surface area contributed by atoms with Gasteiger partial charge in [-0.15, -0.1) is 0 Å². The van der Waals surface area contributed by atoms with Crippen LogP contribution in [0.1, 0.15) is 12.8 Å². The van der Waals surface area contributed by atoms with E-state index in [1.807, 2.05) is 18.2 Å². The topological polar surface area (TPSA) is 79.5 Å². The molecule has 7 heteroatoms. The number of benzene rings is 1. The van der Waals surface area contributed by atoms with Gasteiger partial charge in [0.15, 0.2) is 0 Å². The molecular weight excluding hydrogens is 312 g/mol. The van der Waals surface area contributed by atoms with E-state index >= 15 is 0 Å². The Morgan fingerprint density at radius 1 is 1.26 bits per heavy atom. The minimum atomic E-state index is -3.47. The minimum absolute atomic E-state index is 0.482. The van der Waals surface area contributed by atoms with E-state index in [2.05, 4.69) is 4.98 Å². The fraction of sp³-hybridized carbons (Fsp3) is 0.312. The Morgan fingerprint density at radius 3 is 2.74 bits per heavy atom. The molecular formula is C16H18N4O2S. The first-order valence-corrected chi connectivity index (χ1v) is 8.99. The average molecular weight is 330 g/mol. The zero-order chi connectivity index (χ0) is 16.2. The number of nitrogens with zero attached hydrogens (tertiary/aromatic N) is 3. The van der Waals surface area contributed by atoms with E-state index in [1.165, 1.54) is 8.61 Å². The van der Waals surface area contributed by atoms with Crippen LogP contribution in [0, 0.1) is 5.92 Å². The standard InChI is InChI=1S/C16H18N4O2S/c1-19-15-9-12(16-13(17)3-2-8-18-16)6-7-14(15)20(23(19,21)22)10-11-4-5-11/h2-3,6-9,11H,4-5,10,17H2,1H3. The SMILES string of the molecule is CN1c2cc(-c3ncccc3N)ccc2N(CC2CC2)S1(=O)=O. The summed E-state index contributed by atoms with van der Waals surface area (Å²) < 4.78 is 28.1. The molecule has 0 saturated heterocycles. The van der Waals surface area contributed by atoms with Crippen LogP contribution in [0.4, 0.5) is 17.1 Å². The summed E-state index contributed by atoms with van der Waals surface area (Å²) in [7, 11) is -1.88. The Hall–Kier alpha value is -2.28. The Labute approximate surface area is 135 Å². The number of aromatic nitrogens is 1. The molecule has 1 aliphatic heterocycles. The van der Waals surface area contributed by atoms with E-state index in [-0.39, 0.29) is 0 Å². The fourth-order valence-electron chi connectivity index (χ4n) is 2.92. The van der Waals surface area contributed by atoms with E-state index in [9.17, 15) is 8.42 Å². The lowest BCUT2D eigenvalue weighted by Gasteiger charge is -2.18. The van der Waals surface area contributed by atoms with E-state index in [0.717, 1.165) is 24.1 Å². The van der Waals surface area contributed by atoms with Crippen LogP contribution in [-0.2, 0) is 10.2 Å². The number of hydrogen-bond acceptors (Lipinski definition) is 4. The zero-order valence-electron chi connectivity index (χ0n) is 12.8. The van der Waals surface area contributed by atoms with Crippen molar-refractivity contribution < 1.29 is 8.42 Å². The summed E-state index contributed by atoms with van der Waals surface area (Å²) in [6.45, 7) is 0.560. The van der Waals surface area contributed by atoms with E-state index in [1.54, 1.807) is 25.4 Å². The number of nitrogen functional groups attached to an aromatic ring is 1. The molecule has 23 heavy (non-hydrogen) atoms. The van der Waals surface area contributed by atoms with Crippen LogP contribution >= 0.6 is 0 Å². The monoisotopic (exact) mass is 330 g/mol. The lowest BCUT2D eigenvalue weighted by Crippen LogP contribution is -2.36. The van der Waals surface area contributed by atoms with E-state index < -0.39 is 10.2 Å². The number of rotatable bonds is 3. The highest BCUT2D eigenvalue weighted by molar-refractivity contribution is 7.94. The number of anilines is 3. The van der Waals surface area contributed by atoms with Crippen molar-refractivity contribution in [3.05, 3.63) is 36.5 Å². The zero-order valence-corrected chi connectivity index (χ0v) is 13.6. The first-order chi connectivity index (χ1) is 11.0. The van der Waals surface area contributed by atoms with Gasteiger partial charge in [0.05, 0.1) is 22.8 Å². The molecule has 2 heterocycles. The molecule has 0 radical (unpaired) electrons. The van der Waals surface area contributed by atoms with Crippen molar-refractivity contribution >= 4 is 27.3 Å². The second-order valence-electron chi connectivity index (χ2n) is 6.09. The molecule has 120 valence electrons.